The Hall–Kier alpha value is -1.25. The van der Waals surface area contributed by atoms with E-state index < -0.39 is 0 Å². The molecule has 0 N–H and O–H groups in total. The summed E-state index contributed by atoms with van der Waals surface area (Å²) in [6.45, 7) is 4.00. The van der Waals surface area contributed by atoms with Crippen LogP contribution in [-0.4, -0.2) is 16.3 Å². The van der Waals surface area contributed by atoms with Crippen molar-refractivity contribution in [2.75, 3.05) is 0 Å². The molecule has 0 atom stereocenters. The standard InChI is InChI=1S/C5H4N2O.C2H6/c8-4-5-3-6-1-2-7-5;1-2/h1-4H;1-2H3. The first kappa shape index (κ1) is 8.75. The number of carbonyl (C=O) groups is 1. The topological polar surface area (TPSA) is 42.9 Å². The van der Waals surface area contributed by atoms with Gasteiger partial charge < -0.3 is 0 Å². The summed E-state index contributed by atoms with van der Waals surface area (Å²) < 4.78 is 0. The van der Waals surface area contributed by atoms with Crippen molar-refractivity contribution in [3.63, 3.8) is 0 Å². The highest BCUT2D eigenvalue weighted by Crippen LogP contribution is 1.80. The zero-order chi connectivity index (χ0) is 7.82. The number of aromatic nitrogens is 2. The van der Waals surface area contributed by atoms with Crippen molar-refractivity contribution in [2.24, 2.45) is 0 Å². The zero-order valence-corrected chi connectivity index (χ0v) is 6.11. The largest absolute Gasteiger partial charge is 0.296 e. The molecule has 3 heteroatoms. The van der Waals surface area contributed by atoms with E-state index in [1.807, 2.05) is 13.8 Å². The Bertz CT molecular complexity index is 174. The van der Waals surface area contributed by atoms with Crippen LogP contribution in [0.5, 0.6) is 0 Å². The van der Waals surface area contributed by atoms with Crippen LogP contribution >= 0.6 is 0 Å². The molecule has 0 amide bonds. The highest BCUT2D eigenvalue weighted by molar-refractivity contribution is 5.70. The van der Waals surface area contributed by atoms with Gasteiger partial charge in [0.2, 0.25) is 0 Å². The van der Waals surface area contributed by atoms with Crippen molar-refractivity contribution >= 4 is 6.29 Å². The summed E-state index contributed by atoms with van der Waals surface area (Å²) in [6.07, 6.45) is 5.07. The van der Waals surface area contributed by atoms with Gasteiger partial charge in [-0.05, 0) is 0 Å². The van der Waals surface area contributed by atoms with Crippen molar-refractivity contribution < 1.29 is 4.79 Å². The molecule has 0 spiro atoms. The third kappa shape index (κ3) is 2.91. The highest BCUT2D eigenvalue weighted by atomic mass is 16.1. The van der Waals surface area contributed by atoms with E-state index in [9.17, 15) is 4.79 Å². The second-order valence-corrected chi connectivity index (χ2v) is 1.25. The van der Waals surface area contributed by atoms with Crippen LogP contribution in [0.3, 0.4) is 0 Å². The molecule has 54 valence electrons. The molecule has 0 aliphatic heterocycles. The van der Waals surface area contributed by atoms with Crippen LogP contribution in [-0.2, 0) is 0 Å². The first-order valence-electron chi connectivity index (χ1n) is 3.14. The Morgan fingerprint density at radius 3 is 2.40 bits per heavy atom. The maximum absolute atomic E-state index is 9.90. The van der Waals surface area contributed by atoms with Crippen LogP contribution < -0.4 is 0 Å². The van der Waals surface area contributed by atoms with Crippen LogP contribution in [0.1, 0.15) is 24.3 Å². The fraction of sp³-hybridized carbons (Fsp3) is 0.286. The SMILES string of the molecule is CC.O=Cc1cnccn1. The van der Waals surface area contributed by atoms with E-state index in [0.29, 0.717) is 12.0 Å². The maximum Gasteiger partial charge on any atom is 0.170 e. The van der Waals surface area contributed by atoms with Gasteiger partial charge in [-0.3, -0.25) is 14.8 Å². The average Bonchev–Trinajstić information content (AvgIpc) is 2.10. The molecular weight excluding hydrogens is 128 g/mol. The summed E-state index contributed by atoms with van der Waals surface area (Å²) >= 11 is 0. The first-order chi connectivity index (χ1) is 4.93. The Labute approximate surface area is 60.1 Å². The molecular formula is C7H10N2O. The van der Waals surface area contributed by atoms with E-state index in [1.165, 1.54) is 18.6 Å². The lowest BCUT2D eigenvalue weighted by Gasteiger charge is -1.80. The second kappa shape index (κ2) is 5.88. The van der Waals surface area contributed by atoms with E-state index in [2.05, 4.69) is 9.97 Å². The molecule has 0 bridgehead atoms. The van der Waals surface area contributed by atoms with Gasteiger partial charge in [-0.15, -0.1) is 0 Å². The number of nitrogens with zero attached hydrogens (tertiary/aromatic N) is 2. The van der Waals surface area contributed by atoms with Crippen LogP contribution in [0.2, 0.25) is 0 Å². The Morgan fingerprint density at radius 1 is 1.40 bits per heavy atom. The number of carbonyl (C=O) groups excluding carboxylic acids is 1. The lowest BCUT2D eigenvalue weighted by Crippen LogP contribution is -1.84. The normalized spacial score (nSPS) is 7.40. The second-order valence-electron chi connectivity index (χ2n) is 1.25. The molecule has 0 saturated carbocycles. The third-order valence-corrected chi connectivity index (χ3v) is 0.704. The van der Waals surface area contributed by atoms with E-state index in [1.54, 1.807) is 0 Å². The van der Waals surface area contributed by atoms with Gasteiger partial charge in [0.1, 0.15) is 5.69 Å². The molecule has 0 saturated heterocycles. The number of aldehydes is 1. The first-order valence-corrected chi connectivity index (χ1v) is 3.14. The van der Waals surface area contributed by atoms with Gasteiger partial charge in [-0.2, -0.15) is 0 Å². The molecule has 0 fully saturated rings. The molecule has 1 rings (SSSR count). The van der Waals surface area contributed by atoms with Gasteiger partial charge >= 0.3 is 0 Å². The molecule has 0 radical (unpaired) electrons. The van der Waals surface area contributed by atoms with Gasteiger partial charge in [0, 0.05) is 12.4 Å². The van der Waals surface area contributed by atoms with E-state index in [0.717, 1.165) is 0 Å². The average molecular weight is 138 g/mol. The lowest BCUT2D eigenvalue weighted by atomic mass is 10.5. The van der Waals surface area contributed by atoms with E-state index in [4.69, 9.17) is 0 Å². The quantitative estimate of drug-likeness (QED) is 0.549. The molecule has 1 aromatic rings. The van der Waals surface area contributed by atoms with Gasteiger partial charge in [-0.1, -0.05) is 13.8 Å². The Balaban J connectivity index is 0.000000371. The highest BCUT2D eigenvalue weighted by Gasteiger charge is 1.83. The molecule has 0 aliphatic carbocycles. The van der Waals surface area contributed by atoms with Crippen LogP contribution in [0, 0.1) is 0 Å². The molecule has 1 aromatic heterocycles. The number of hydrogen-bond donors (Lipinski definition) is 0. The zero-order valence-electron chi connectivity index (χ0n) is 6.11. The van der Waals surface area contributed by atoms with E-state index >= 15 is 0 Å². The Kier molecular flexibility index (Phi) is 5.14. The van der Waals surface area contributed by atoms with E-state index in [-0.39, 0.29) is 0 Å². The summed E-state index contributed by atoms with van der Waals surface area (Å²) in [5.74, 6) is 0. The predicted octanol–water partition coefficient (Wildman–Crippen LogP) is 1.32. The fourth-order valence-corrected chi connectivity index (χ4v) is 0.371. The minimum Gasteiger partial charge on any atom is -0.296 e. The minimum atomic E-state index is 0.368. The van der Waals surface area contributed by atoms with Crippen molar-refractivity contribution in [3.05, 3.63) is 24.3 Å². The monoisotopic (exact) mass is 138 g/mol. The van der Waals surface area contributed by atoms with Crippen LogP contribution in [0.15, 0.2) is 18.6 Å². The Morgan fingerprint density at radius 2 is 2.10 bits per heavy atom. The van der Waals surface area contributed by atoms with Gasteiger partial charge in [0.05, 0.1) is 6.20 Å². The number of hydrogen-bond acceptors (Lipinski definition) is 3. The van der Waals surface area contributed by atoms with Crippen molar-refractivity contribution in [1.82, 2.24) is 9.97 Å². The van der Waals surface area contributed by atoms with Gasteiger partial charge in [0.15, 0.2) is 6.29 Å². The smallest absolute Gasteiger partial charge is 0.170 e. The molecule has 1 heterocycles. The van der Waals surface area contributed by atoms with Gasteiger partial charge in [0.25, 0.3) is 0 Å². The summed E-state index contributed by atoms with van der Waals surface area (Å²) in [7, 11) is 0. The van der Waals surface area contributed by atoms with Crippen molar-refractivity contribution in [2.45, 2.75) is 13.8 Å². The molecule has 10 heavy (non-hydrogen) atoms. The molecule has 3 nitrogen and oxygen atoms in total. The van der Waals surface area contributed by atoms with Crippen LogP contribution in [0.4, 0.5) is 0 Å². The summed E-state index contributed by atoms with van der Waals surface area (Å²) in [5, 5.41) is 0. The molecule has 0 unspecified atom stereocenters. The van der Waals surface area contributed by atoms with Crippen LogP contribution in [0.25, 0.3) is 0 Å². The summed E-state index contributed by atoms with van der Waals surface area (Å²) in [6, 6.07) is 0. The summed E-state index contributed by atoms with van der Waals surface area (Å²) in [5.41, 5.74) is 0.368. The van der Waals surface area contributed by atoms with Crippen molar-refractivity contribution in [3.8, 4) is 0 Å². The van der Waals surface area contributed by atoms with Crippen molar-refractivity contribution in [1.29, 1.82) is 0 Å². The van der Waals surface area contributed by atoms with Gasteiger partial charge in [-0.25, -0.2) is 0 Å². The fourth-order valence-electron chi connectivity index (χ4n) is 0.371. The number of rotatable bonds is 1. The minimum absolute atomic E-state index is 0.368. The summed E-state index contributed by atoms with van der Waals surface area (Å²) in [4.78, 5) is 17.2. The molecule has 0 aliphatic rings. The third-order valence-electron chi connectivity index (χ3n) is 0.704. The maximum atomic E-state index is 9.90. The lowest BCUT2D eigenvalue weighted by molar-refractivity contribution is 0.111. The molecule has 0 aromatic carbocycles. The predicted molar refractivity (Wildman–Crippen MR) is 38.8 cm³/mol.